The topological polar surface area (TPSA) is 140 Å². The molecule has 3 N–H and O–H groups in total. The number of amides is 1. The van der Waals surface area contributed by atoms with E-state index in [1.807, 2.05) is 12.1 Å². The summed E-state index contributed by atoms with van der Waals surface area (Å²) in [6.07, 6.45) is 4.32. The summed E-state index contributed by atoms with van der Waals surface area (Å²) in [5.41, 5.74) is 2.44. The zero-order valence-electron chi connectivity index (χ0n) is 31.1. The Bertz CT molecular complexity index is 1440. The summed E-state index contributed by atoms with van der Waals surface area (Å²) in [5, 5.41) is 11.0. The molecule has 0 spiro atoms. The van der Waals surface area contributed by atoms with Crippen molar-refractivity contribution >= 4 is 25.1 Å². The van der Waals surface area contributed by atoms with Gasteiger partial charge in [-0.15, -0.1) is 0 Å². The van der Waals surface area contributed by atoms with Crippen LogP contribution in [0, 0.1) is 23.2 Å². The third kappa shape index (κ3) is 11.1. The second kappa shape index (κ2) is 18.4. The number of carbonyl (C=O) groups is 1. The average Bonchev–Trinajstić information content (AvgIpc) is 3.39. The van der Waals surface area contributed by atoms with Gasteiger partial charge >= 0.3 is 26.0 Å². The summed E-state index contributed by atoms with van der Waals surface area (Å²) in [4.78, 5) is 32.8. The third-order valence-electron chi connectivity index (χ3n) is 12.7. The molecule has 1 aliphatic heterocycles. The lowest BCUT2D eigenvalue weighted by atomic mass is 9.52. The van der Waals surface area contributed by atoms with Gasteiger partial charge in [-0.1, -0.05) is 56.3 Å². The number of likely N-dealkylation sites (tertiary alicyclic amines) is 1. The van der Waals surface area contributed by atoms with Crippen LogP contribution in [-0.4, -0.2) is 79.3 Å². The number of halogens is 5. The van der Waals surface area contributed by atoms with Crippen LogP contribution in [0.15, 0.2) is 18.2 Å². The maximum atomic E-state index is 13.1. The largest absolute Gasteiger partial charge is 0.616 e. The minimum absolute atomic E-state index is 0.0754. The van der Waals surface area contributed by atoms with Gasteiger partial charge in [0, 0.05) is 19.5 Å². The van der Waals surface area contributed by atoms with Crippen LogP contribution >= 0.6 is 7.82 Å². The van der Waals surface area contributed by atoms with E-state index in [9.17, 15) is 41.0 Å². The van der Waals surface area contributed by atoms with Gasteiger partial charge in [-0.05, 0) is 123 Å². The Morgan fingerprint density at radius 3 is 2.28 bits per heavy atom. The van der Waals surface area contributed by atoms with Gasteiger partial charge in [0.1, 0.15) is 17.3 Å². The molecule has 0 bridgehead atoms. The molecule has 308 valence electrons. The third-order valence-corrected chi connectivity index (χ3v) is 14.8. The number of phosphoric acid groups is 1. The number of nitrogens with zero attached hydrogens (tertiary/aromatic N) is 1. The van der Waals surface area contributed by atoms with Crippen LogP contribution < -0.4 is 4.74 Å². The van der Waals surface area contributed by atoms with Gasteiger partial charge in [-0.25, -0.2) is 9.36 Å². The molecule has 2 saturated carbocycles. The molecule has 0 radical (unpaired) electrons. The molecule has 3 aliphatic carbocycles. The zero-order chi connectivity index (χ0) is 39.3. The molecular formula is C38H57F5NO8PS. The molecule has 54 heavy (non-hydrogen) atoms. The zero-order valence-corrected chi connectivity index (χ0v) is 32.8. The van der Waals surface area contributed by atoms with Crippen molar-refractivity contribution < 1.29 is 60.0 Å². The summed E-state index contributed by atoms with van der Waals surface area (Å²) in [6.45, 7) is 2.82. The lowest BCUT2D eigenvalue weighted by molar-refractivity contribution is -0.284. The first-order valence-corrected chi connectivity index (χ1v) is 22.7. The fraction of sp³-hybridized carbons (Fsp3) is 0.816. The fourth-order valence-electron chi connectivity index (χ4n) is 9.84. The molecule has 1 aromatic carbocycles. The van der Waals surface area contributed by atoms with Gasteiger partial charge in [0.05, 0.1) is 12.2 Å². The highest BCUT2D eigenvalue weighted by Crippen LogP contribution is 2.63. The molecule has 4 aliphatic rings. The minimum atomic E-state index is -5.57. The van der Waals surface area contributed by atoms with Crippen molar-refractivity contribution in [2.45, 2.75) is 146 Å². The Balaban J connectivity index is 1.09. The molecule has 3 fully saturated rings. The van der Waals surface area contributed by atoms with E-state index in [0.29, 0.717) is 54.4 Å². The smallest absolute Gasteiger partial charge is 0.469 e. The summed E-state index contributed by atoms with van der Waals surface area (Å²) in [6, 6.07) is 5.98. The van der Waals surface area contributed by atoms with Crippen LogP contribution in [0.3, 0.4) is 0 Å². The number of hydrogen-bond acceptors (Lipinski definition) is 6. The lowest BCUT2D eigenvalue weighted by Crippen LogP contribution is -2.47. The molecule has 5 rings (SSSR count). The van der Waals surface area contributed by atoms with Gasteiger partial charge in [0.2, 0.25) is 0 Å². The molecule has 9 nitrogen and oxygen atoms in total. The normalized spacial score (nSPS) is 28.3. The maximum absolute atomic E-state index is 13.1. The standard InChI is InChI=1S/C38H57F5NO8PS/c1-36-19-15-31-30-12-11-29(51-35(46)44-20-16-28(17-21-44)52-53(47,48)49)25-27(30)24-26(34(31)32(36)13-14-33(36)45)10-7-5-3-2-4-6-8-22-54(50)23-9-18-37(39,40)38(41,42)43/h11-12,25-26,28,31-34,45H,2-10,13-24H2,1H3,(H2,47,48,49)/t26-,31-,32+,33+,34-,36+,54?/m1/s1. The number of hydrogen-bond donors (Lipinski definition) is 3. The predicted molar refractivity (Wildman–Crippen MR) is 195 cm³/mol. The van der Waals surface area contributed by atoms with Crippen molar-refractivity contribution in [3.05, 3.63) is 29.3 Å². The Kier molecular flexibility index (Phi) is 14.9. The van der Waals surface area contributed by atoms with Crippen molar-refractivity contribution in [1.29, 1.82) is 0 Å². The van der Waals surface area contributed by atoms with Crippen LogP contribution in [0.5, 0.6) is 5.75 Å². The van der Waals surface area contributed by atoms with E-state index >= 15 is 0 Å². The molecule has 16 heteroatoms. The molecule has 1 saturated heterocycles. The SMILES string of the molecule is C[C@]12CC[C@@H]3c4ccc(OC(=O)N5CCC(OP(=O)(O)O)CC5)cc4C[C@@H](CCCCCCCCC[S+]([O-])CCCC(F)(F)C(F)(F)F)[C@H]3[C@@H]1CC[C@@H]2O. The highest BCUT2D eigenvalue weighted by molar-refractivity contribution is 7.91. The van der Waals surface area contributed by atoms with Crippen LogP contribution in [0.2, 0.25) is 0 Å². The number of carbonyl (C=O) groups excluding carboxylic acids is 1. The number of alkyl halides is 5. The van der Waals surface area contributed by atoms with Crippen LogP contribution in [0.4, 0.5) is 26.7 Å². The molecule has 1 aromatic rings. The van der Waals surface area contributed by atoms with Crippen molar-refractivity contribution in [3.63, 3.8) is 0 Å². The number of rotatable bonds is 17. The Hall–Kier alpha value is -1.48. The van der Waals surface area contributed by atoms with Crippen molar-refractivity contribution in [3.8, 4) is 5.75 Å². The second-order valence-corrected chi connectivity index (χ2v) is 19.2. The van der Waals surface area contributed by atoms with Crippen LogP contribution in [0.1, 0.15) is 127 Å². The van der Waals surface area contributed by atoms with E-state index < -0.39 is 56.1 Å². The predicted octanol–water partition coefficient (Wildman–Crippen LogP) is 9.05. The summed E-state index contributed by atoms with van der Waals surface area (Å²) >= 11 is -1.40. The van der Waals surface area contributed by atoms with E-state index in [0.717, 1.165) is 77.0 Å². The Morgan fingerprint density at radius 1 is 0.963 bits per heavy atom. The summed E-state index contributed by atoms with van der Waals surface area (Å²) in [5.74, 6) is -2.36. The van der Waals surface area contributed by atoms with Crippen LogP contribution in [-0.2, 0) is 26.7 Å². The van der Waals surface area contributed by atoms with Gasteiger partial charge in [0.25, 0.3) is 0 Å². The van der Waals surface area contributed by atoms with Crippen LogP contribution in [0.25, 0.3) is 0 Å². The number of fused-ring (bicyclic) bond motifs is 5. The maximum Gasteiger partial charge on any atom is 0.469 e. The number of benzene rings is 1. The number of unbranched alkanes of at least 4 members (excludes halogenated alkanes) is 6. The van der Waals surface area contributed by atoms with E-state index in [1.165, 1.54) is 16.0 Å². The van der Waals surface area contributed by atoms with Gasteiger partial charge < -0.3 is 29.1 Å². The summed E-state index contributed by atoms with van der Waals surface area (Å²) in [7, 11) is -4.59. The minimum Gasteiger partial charge on any atom is -0.616 e. The number of phosphoric ester groups is 1. The van der Waals surface area contributed by atoms with E-state index in [1.54, 1.807) is 0 Å². The fourth-order valence-corrected chi connectivity index (χ4v) is 11.6. The lowest BCUT2D eigenvalue weighted by Gasteiger charge is -2.53. The first-order chi connectivity index (χ1) is 25.4. The number of ether oxygens (including phenoxy) is 1. The first kappa shape index (κ1) is 43.6. The highest BCUT2D eigenvalue weighted by Gasteiger charge is 2.57. The van der Waals surface area contributed by atoms with Gasteiger partial charge in [-0.3, -0.25) is 4.52 Å². The molecule has 1 unspecified atom stereocenters. The van der Waals surface area contributed by atoms with Crippen molar-refractivity contribution in [2.75, 3.05) is 24.6 Å². The monoisotopic (exact) mass is 813 g/mol. The molecule has 7 atom stereocenters. The number of aliphatic hydroxyl groups is 1. The van der Waals surface area contributed by atoms with E-state index in [-0.39, 0.29) is 30.4 Å². The average molecular weight is 814 g/mol. The van der Waals surface area contributed by atoms with E-state index in [2.05, 4.69) is 13.0 Å². The summed E-state index contributed by atoms with van der Waals surface area (Å²) < 4.78 is 96.9. The number of piperidine rings is 1. The quantitative estimate of drug-likeness (QED) is 0.0613. The molecular weight excluding hydrogens is 756 g/mol. The van der Waals surface area contributed by atoms with E-state index in [4.69, 9.17) is 19.0 Å². The Labute approximate surface area is 318 Å². The Morgan fingerprint density at radius 2 is 1.61 bits per heavy atom. The molecule has 0 aromatic heterocycles. The second-order valence-electron chi connectivity index (χ2n) is 16.3. The van der Waals surface area contributed by atoms with Gasteiger partial charge in [-0.2, -0.15) is 22.0 Å². The molecule has 1 heterocycles. The van der Waals surface area contributed by atoms with Gasteiger partial charge in [0.15, 0.2) is 0 Å². The highest BCUT2D eigenvalue weighted by atomic mass is 32.2. The van der Waals surface area contributed by atoms with Crippen molar-refractivity contribution in [2.24, 2.45) is 23.2 Å². The van der Waals surface area contributed by atoms with Crippen molar-refractivity contribution in [1.82, 2.24) is 4.90 Å². The first-order valence-electron chi connectivity index (χ1n) is 19.7. The molecule has 1 amide bonds. The number of aliphatic hydroxyl groups excluding tert-OH is 1.